The zero-order chi connectivity index (χ0) is 21.1. The number of piperidine rings is 1. The molecule has 3 heterocycles. The molecule has 4 rings (SSSR count). The molecular weight excluding hydrogens is 380 g/mol. The number of hydrogen-bond acceptors (Lipinski definition) is 6. The third-order valence-electron chi connectivity index (χ3n) is 6.00. The summed E-state index contributed by atoms with van der Waals surface area (Å²) >= 11 is 0. The van der Waals surface area contributed by atoms with Gasteiger partial charge in [-0.25, -0.2) is 9.97 Å². The molecule has 7 nitrogen and oxygen atoms in total. The summed E-state index contributed by atoms with van der Waals surface area (Å²) in [6.45, 7) is 6.18. The fourth-order valence-corrected chi connectivity index (χ4v) is 4.13. The van der Waals surface area contributed by atoms with Crippen LogP contribution in [0.2, 0.25) is 0 Å². The number of aryl methyl sites for hydroxylation is 2. The van der Waals surface area contributed by atoms with Crippen molar-refractivity contribution in [2.75, 3.05) is 31.6 Å². The molecule has 1 saturated heterocycles. The number of amides is 1. The summed E-state index contributed by atoms with van der Waals surface area (Å²) in [7, 11) is 1.67. The number of rotatable bonds is 6. The average Bonchev–Trinajstić information content (AvgIpc) is 3.08. The first kappa shape index (κ1) is 20.2. The molecule has 0 bridgehead atoms. The van der Waals surface area contributed by atoms with E-state index in [0.717, 1.165) is 66.2 Å². The Morgan fingerprint density at radius 2 is 2.00 bits per heavy atom. The molecule has 1 amide bonds. The number of carbonyl (C=O) groups excluding carboxylic acids is 1. The number of nitrogens with zero attached hydrogens (tertiary/aromatic N) is 3. The van der Waals surface area contributed by atoms with Crippen LogP contribution in [0.25, 0.3) is 11.1 Å². The van der Waals surface area contributed by atoms with E-state index in [1.165, 1.54) is 0 Å². The number of anilines is 1. The van der Waals surface area contributed by atoms with E-state index in [4.69, 9.17) is 9.15 Å². The van der Waals surface area contributed by atoms with Gasteiger partial charge in [0.1, 0.15) is 23.7 Å². The largest absolute Gasteiger partial charge is 0.496 e. The number of aromatic nitrogens is 2. The van der Waals surface area contributed by atoms with Crippen molar-refractivity contribution in [1.82, 2.24) is 15.3 Å². The highest BCUT2D eigenvalue weighted by Crippen LogP contribution is 2.32. The van der Waals surface area contributed by atoms with Gasteiger partial charge in [0.15, 0.2) is 0 Å². The standard InChI is InChI=1S/C23H28N4O3/c1-15-16(2)30-23-20(15)21(25-14-26-23)27-12-9-18(10-13-27)22(28)24-11-8-17-6-4-5-7-19(17)29-3/h4-7,14,18H,8-13H2,1-3H3,(H,24,28). The topological polar surface area (TPSA) is 80.5 Å². The third-order valence-corrected chi connectivity index (χ3v) is 6.00. The highest BCUT2D eigenvalue weighted by Gasteiger charge is 2.27. The maximum Gasteiger partial charge on any atom is 0.231 e. The fourth-order valence-electron chi connectivity index (χ4n) is 4.13. The van der Waals surface area contributed by atoms with Crippen LogP contribution < -0.4 is 15.0 Å². The zero-order valence-electron chi connectivity index (χ0n) is 17.8. The van der Waals surface area contributed by atoms with Crippen LogP contribution >= 0.6 is 0 Å². The third kappa shape index (κ3) is 3.97. The molecule has 1 N–H and O–H groups in total. The molecule has 30 heavy (non-hydrogen) atoms. The monoisotopic (exact) mass is 408 g/mol. The van der Waals surface area contributed by atoms with Gasteiger partial charge in [0.2, 0.25) is 11.6 Å². The van der Waals surface area contributed by atoms with Gasteiger partial charge in [-0.2, -0.15) is 0 Å². The summed E-state index contributed by atoms with van der Waals surface area (Å²) in [5.41, 5.74) is 2.82. The number of carbonyl (C=O) groups is 1. The maximum atomic E-state index is 12.7. The van der Waals surface area contributed by atoms with Gasteiger partial charge in [-0.05, 0) is 44.7 Å². The quantitative estimate of drug-likeness (QED) is 0.673. The zero-order valence-corrected chi connectivity index (χ0v) is 17.8. The molecule has 1 fully saturated rings. The summed E-state index contributed by atoms with van der Waals surface area (Å²) in [6.07, 6.45) is 3.92. The van der Waals surface area contributed by atoms with Gasteiger partial charge < -0.3 is 19.4 Å². The van der Waals surface area contributed by atoms with E-state index in [1.807, 2.05) is 38.1 Å². The van der Waals surface area contributed by atoms with E-state index in [2.05, 4.69) is 20.2 Å². The molecule has 0 radical (unpaired) electrons. The van der Waals surface area contributed by atoms with E-state index < -0.39 is 0 Å². The Bertz CT molecular complexity index is 1040. The maximum absolute atomic E-state index is 12.7. The number of para-hydroxylation sites is 1. The summed E-state index contributed by atoms with van der Waals surface area (Å²) in [6, 6.07) is 7.92. The molecule has 0 unspecified atom stereocenters. The Hall–Kier alpha value is -3.09. The van der Waals surface area contributed by atoms with Crippen molar-refractivity contribution in [2.45, 2.75) is 33.1 Å². The Morgan fingerprint density at radius 1 is 1.23 bits per heavy atom. The predicted octanol–water partition coefficient (Wildman–Crippen LogP) is 3.42. The lowest BCUT2D eigenvalue weighted by Gasteiger charge is -2.32. The van der Waals surface area contributed by atoms with Crippen molar-refractivity contribution in [1.29, 1.82) is 0 Å². The minimum atomic E-state index is 0.0310. The van der Waals surface area contributed by atoms with E-state index in [9.17, 15) is 4.79 Å². The minimum absolute atomic E-state index is 0.0310. The number of benzene rings is 1. The Morgan fingerprint density at radius 3 is 2.77 bits per heavy atom. The molecule has 7 heteroatoms. The second-order valence-corrected chi connectivity index (χ2v) is 7.77. The number of fused-ring (bicyclic) bond motifs is 1. The molecule has 3 aromatic rings. The van der Waals surface area contributed by atoms with Crippen molar-refractivity contribution in [3.05, 3.63) is 47.5 Å². The minimum Gasteiger partial charge on any atom is -0.496 e. The molecule has 0 atom stereocenters. The number of nitrogens with one attached hydrogen (secondary N) is 1. The van der Waals surface area contributed by atoms with Crippen LogP contribution in [0, 0.1) is 19.8 Å². The van der Waals surface area contributed by atoms with Crippen molar-refractivity contribution in [3.8, 4) is 5.75 Å². The fraction of sp³-hybridized carbons (Fsp3) is 0.435. The van der Waals surface area contributed by atoms with Crippen LogP contribution in [0.5, 0.6) is 5.75 Å². The van der Waals surface area contributed by atoms with E-state index in [1.54, 1.807) is 13.4 Å². The molecule has 1 aromatic carbocycles. The van der Waals surface area contributed by atoms with Gasteiger partial charge in [0.05, 0.1) is 12.5 Å². The van der Waals surface area contributed by atoms with Crippen LogP contribution in [-0.2, 0) is 11.2 Å². The van der Waals surface area contributed by atoms with Gasteiger partial charge in [0, 0.05) is 31.1 Å². The number of methoxy groups -OCH3 is 1. The molecule has 158 valence electrons. The first-order valence-electron chi connectivity index (χ1n) is 10.4. The Kier molecular flexibility index (Phi) is 5.88. The lowest BCUT2D eigenvalue weighted by atomic mass is 9.95. The summed E-state index contributed by atoms with van der Waals surface area (Å²) in [5, 5.41) is 4.08. The van der Waals surface area contributed by atoms with Crippen LogP contribution in [0.4, 0.5) is 5.82 Å². The van der Waals surface area contributed by atoms with Gasteiger partial charge in [-0.15, -0.1) is 0 Å². The van der Waals surface area contributed by atoms with Crippen LogP contribution in [-0.4, -0.2) is 42.6 Å². The van der Waals surface area contributed by atoms with E-state index >= 15 is 0 Å². The van der Waals surface area contributed by atoms with Gasteiger partial charge >= 0.3 is 0 Å². The summed E-state index contributed by atoms with van der Waals surface area (Å²) in [5.74, 6) is 2.80. The van der Waals surface area contributed by atoms with Crippen molar-refractivity contribution >= 4 is 22.8 Å². The molecule has 0 spiro atoms. The summed E-state index contributed by atoms with van der Waals surface area (Å²) < 4.78 is 11.1. The van der Waals surface area contributed by atoms with E-state index in [-0.39, 0.29) is 11.8 Å². The van der Waals surface area contributed by atoms with Crippen molar-refractivity contribution < 1.29 is 13.9 Å². The molecular formula is C23H28N4O3. The number of ether oxygens (including phenoxy) is 1. The van der Waals surface area contributed by atoms with Crippen LogP contribution in [0.1, 0.15) is 29.7 Å². The van der Waals surface area contributed by atoms with Crippen LogP contribution in [0.3, 0.4) is 0 Å². The number of furan rings is 1. The van der Waals surface area contributed by atoms with Gasteiger partial charge in [-0.1, -0.05) is 18.2 Å². The molecule has 2 aromatic heterocycles. The molecule has 0 aliphatic carbocycles. The SMILES string of the molecule is COc1ccccc1CCNC(=O)C1CCN(c2ncnc3oc(C)c(C)c23)CC1. The van der Waals surface area contributed by atoms with Crippen LogP contribution in [0.15, 0.2) is 35.0 Å². The summed E-state index contributed by atoms with van der Waals surface area (Å²) in [4.78, 5) is 23.7. The first-order valence-corrected chi connectivity index (χ1v) is 10.4. The highest BCUT2D eigenvalue weighted by molar-refractivity contribution is 5.90. The Balaban J connectivity index is 1.33. The normalized spacial score (nSPS) is 14.8. The lowest BCUT2D eigenvalue weighted by molar-refractivity contribution is -0.125. The van der Waals surface area contributed by atoms with Crippen molar-refractivity contribution in [3.63, 3.8) is 0 Å². The first-order chi connectivity index (χ1) is 14.6. The second kappa shape index (κ2) is 8.73. The number of hydrogen-bond donors (Lipinski definition) is 1. The molecule has 0 saturated carbocycles. The van der Waals surface area contributed by atoms with E-state index in [0.29, 0.717) is 12.3 Å². The van der Waals surface area contributed by atoms with Crippen molar-refractivity contribution in [2.24, 2.45) is 5.92 Å². The Labute approximate surface area is 176 Å². The molecule has 1 aliphatic rings. The second-order valence-electron chi connectivity index (χ2n) is 7.77. The van der Waals surface area contributed by atoms with Gasteiger partial charge in [-0.3, -0.25) is 4.79 Å². The predicted molar refractivity (Wildman–Crippen MR) is 116 cm³/mol. The average molecular weight is 409 g/mol. The van der Waals surface area contributed by atoms with Gasteiger partial charge in [0.25, 0.3) is 0 Å². The lowest BCUT2D eigenvalue weighted by Crippen LogP contribution is -2.41. The highest BCUT2D eigenvalue weighted by atomic mass is 16.5. The molecule has 1 aliphatic heterocycles. The smallest absolute Gasteiger partial charge is 0.231 e.